The molecule has 0 aromatic carbocycles. The van der Waals surface area contributed by atoms with Crippen molar-refractivity contribution in [3.05, 3.63) is 0 Å². The van der Waals surface area contributed by atoms with Gasteiger partial charge in [-0.2, -0.15) is 0 Å². The fraction of sp³-hybridized carbons (Fsp3) is 0.800. The van der Waals surface area contributed by atoms with Gasteiger partial charge in [-0.15, -0.1) is 0 Å². The third-order valence-corrected chi connectivity index (χ3v) is 4.72. The summed E-state index contributed by atoms with van der Waals surface area (Å²) in [7, 11) is 5.48. The Balaban J connectivity index is -0.000000415. The first-order valence-corrected chi connectivity index (χ1v) is 11.0. The van der Waals surface area contributed by atoms with Crippen LogP contribution in [0.2, 0.25) is 0 Å². The third-order valence-electron chi connectivity index (χ3n) is 3.70. The van der Waals surface area contributed by atoms with Crippen molar-refractivity contribution in [3.8, 4) is 0 Å². The molecule has 0 unspecified atom stereocenters. The smallest absolute Gasteiger partial charge is 0.322 e. The second-order valence-electron chi connectivity index (χ2n) is 5.99. The summed E-state index contributed by atoms with van der Waals surface area (Å²) >= 11 is 3.13. The van der Waals surface area contributed by atoms with Crippen LogP contribution in [0, 0.1) is 0 Å². The van der Waals surface area contributed by atoms with Crippen LogP contribution in [0.4, 0.5) is 0 Å². The largest absolute Gasteiger partial charge is 0.469 e. The number of hydrogen-bond donors (Lipinski definition) is 2. The van der Waals surface area contributed by atoms with E-state index in [1.54, 1.807) is 0 Å². The van der Waals surface area contributed by atoms with E-state index >= 15 is 0 Å². The van der Waals surface area contributed by atoms with Gasteiger partial charge in [-0.25, -0.2) is 0 Å². The molecule has 0 aromatic rings. The lowest BCUT2D eigenvalue weighted by Crippen LogP contribution is -2.37. The van der Waals surface area contributed by atoms with Crippen LogP contribution >= 0.6 is 15.9 Å². The fourth-order valence-electron chi connectivity index (χ4n) is 1.79. The molecule has 10 nitrogen and oxygen atoms in total. The molecule has 184 valence electrons. The van der Waals surface area contributed by atoms with Crippen molar-refractivity contribution in [2.75, 3.05) is 41.5 Å². The number of halogens is 1. The number of carbonyl (C=O) groups excluding carboxylic acids is 4. The van der Waals surface area contributed by atoms with Gasteiger partial charge in [0.25, 0.3) is 0 Å². The number of rotatable bonds is 12. The normalized spacial score (nSPS) is 11.4. The van der Waals surface area contributed by atoms with E-state index in [1.807, 2.05) is 13.8 Å². The van der Waals surface area contributed by atoms with E-state index in [1.165, 1.54) is 28.4 Å². The molecule has 0 aliphatic rings. The number of esters is 4. The van der Waals surface area contributed by atoms with Crippen LogP contribution in [0.25, 0.3) is 0 Å². The minimum atomic E-state index is -0.285. The van der Waals surface area contributed by atoms with Crippen molar-refractivity contribution in [1.82, 2.24) is 5.32 Å². The predicted octanol–water partition coefficient (Wildman–Crippen LogP) is 1.71. The highest BCUT2D eigenvalue weighted by atomic mass is 79.9. The van der Waals surface area contributed by atoms with Gasteiger partial charge in [0, 0.05) is 12.8 Å². The van der Waals surface area contributed by atoms with Crippen LogP contribution < -0.4 is 11.1 Å². The zero-order valence-electron chi connectivity index (χ0n) is 19.5. The second kappa shape index (κ2) is 24.5. The topological polar surface area (TPSA) is 143 Å². The van der Waals surface area contributed by atoms with Crippen molar-refractivity contribution in [3.63, 3.8) is 0 Å². The molecule has 2 atom stereocenters. The fourth-order valence-corrected chi connectivity index (χ4v) is 1.98. The summed E-state index contributed by atoms with van der Waals surface area (Å²) in [6.45, 7) is 4.96. The first-order valence-electron chi connectivity index (χ1n) is 10.0. The summed E-state index contributed by atoms with van der Waals surface area (Å²) in [6.07, 6.45) is 3.61. The van der Waals surface area contributed by atoms with Crippen LogP contribution in [0.3, 0.4) is 0 Å². The van der Waals surface area contributed by atoms with Crippen LogP contribution in [0.5, 0.6) is 0 Å². The monoisotopic (exact) mass is 514 g/mol. The maximum absolute atomic E-state index is 11.2. The SMILES string of the molecule is CC[C@@H](Br)C(=O)OC.CC[C@H](NCCCC(=O)OC)C(=O)OC.COC(=O)CCCN. The molecule has 0 fully saturated rings. The molecule has 31 heavy (non-hydrogen) atoms. The zero-order valence-corrected chi connectivity index (χ0v) is 21.1. The summed E-state index contributed by atoms with van der Waals surface area (Å²) < 4.78 is 17.9. The standard InChI is InChI=1S/C10H19NO4.C5H9BrO2.C5H11NO2/c1-4-8(10(13)15-3)11-7-5-6-9(12)14-2;1-3-4(6)5(7)8-2;1-8-5(7)3-2-4-6/h8,11H,4-7H2,1-3H3;4H,3H2,1-2H3;2-4,6H2,1H3/t8-;4-;/m01./s1. The van der Waals surface area contributed by atoms with Crippen molar-refractivity contribution in [1.29, 1.82) is 0 Å². The molecule has 0 bridgehead atoms. The minimum absolute atomic E-state index is 0.132. The molecule has 0 radical (unpaired) electrons. The van der Waals surface area contributed by atoms with Gasteiger partial charge in [0.2, 0.25) is 0 Å². The van der Waals surface area contributed by atoms with Crippen LogP contribution in [0.15, 0.2) is 0 Å². The second-order valence-corrected chi connectivity index (χ2v) is 7.09. The van der Waals surface area contributed by atoms with E-state index in [-0.39, 0.29) is 34.7 Å². The number of hydrogen-bond acceptors (Lipinski definition) is 10. The molecule has 0 heterocycles. The van der Waals surface area contributed by atoms with Gasteiger partial charge in [0.15, 0.2) is 0 Å². The highest BCUT2D eigenvalue weighted by molar-refractivity contribution is 9.10. The Hall–Kier alpha value is -1.72. The zero-order chi connectivity index (χ0) is 24.7. The van der Waals surface area contributed by atoms with Gasteiger partial charge < -0.3 is 30.0 Å². The highest BCUT2D eigenvalue weighted by Crippen LogP contribution is 2.04. The van der Waals surface area contributed by atoms with Gasteiger partial charge in [0.1, 0.15) is 10.9 Å². The maximum Gasteiger partial charge on any atom is 0.322 e. The molecule has 0 aliphatic carbocycles. The number of alkyl halides is 1. The van der Waals surface area contributed by atoms with E-state index in [0.29, 0.717) is 45.2 Å². The van der Waals surface area contributed by atoms with E-state index in [4.69, 9.17) is 5.73 Å². The molecule has 0 amide bonds. The van der Waals surface area contributed by atoms with E-state index in [9.17, 15) is 19.2 Å². The molecule has 11 heteroatoms. The number of ether oxygens (including phenoxy) is 4. The van der Waals surface area contributed by atoms with Crippen LogP contribution in [0.1, 0.15) is 52.4 Å². The Kier molecular flexibility index (Phi) is 26.8. The number of nitrogens with one attached hydrogen (secondary N) is 1. The summed E-state index contributed by atoms with van der Waals surface area (Å²) in [5.74, 6) is -0.888. The van der Waals surface area contributed by atoms with Gasteiger partial charge in [-0.3, -0.25) is 19.2 Å². The molecule has 0 rings (SSSR count). The van der Waals surface area contributed by atoms with Crippen LogP contribution in [-0.4, -0.2) is 76.3 Å². The van der Waals surface area contributed by atoms with Crippen molar-refractivity contribution in [2.45, 2.75) is 63.2 Å². The summed E-state index contributed by atoms with van der Waals surface area (Å²) in [6, 6.07) is -0.285. The predicted molar refractivity (Wildman–Crippen MR) is 121 cm³/mol. The quantitative estimate of drug-likeness (QED) is 0.171. The molecule has 0 aromatic heterocycles. The average Bonchev–Trinajstić information content (AvgIpc) is 2.81. The van der Waals surface area contributed by atoms with Crippen LogP contribution in [-0.2, 0) is 38.1 Å². The molecular formula is C20H39BrN2O8. The lowest BCUT2D eigenvalue weighted by atomic mass is 10.2. The Bertz CT molecular complexity index is 492. The third kappa shape index (κ3) is 22.8. The number of nitrogens with two attached hydrogens (primary N) is 1. The summed E-state index contributed by atoms with van der Waals surface area (Å²) in [5.41, 5.74) is 5.12. The number of methoxy groups -OCH3 is 4. The Morgan fingerprint density at radius 1 is 0.806 bits per heavy atom. The Labute approximate surface area is 194 Å². The van der Waals surface area contributed by atoms with Crippen molar-refractivity contribution in [2.24, 2.45) is 5.73 Å². The molecular weight excluding hydrogens is 476 g/mol. The Morgan fingerprint density at radius 2 is 1.29 bits per heavy atom. The van der Waals surface area contributed by atoms with E-state index in [2.05, 4.69) is 40.2 Å². The highest BCUT2D eigenvalue weighted by Gasteiger charge is 2.15. The van der Waals surface area contributed by atoms with Gasteiger partial charge in [0.05, 0.1) is 28.4 Å². The van der Waals surface area contributed by atoms with Gasteiger partial charge in [-0.1, -0.05) is 29.8 Å². The van der Waals surface area contributed by atoms with Crippen molar-refractivity contribution >= 4 is 39.8 Å². The van der Waals surface area contributed by atoms with Crippen molar-refractivity contribution < 1.29 is 38.1 Å². The van der Waals surface area contributed by atoms with Gasteiger partial charge in [-0.05, 0) is 38.8 Å². The molecule has 3 N–H and O–H groups in total. The maximum atomic E-state index is 11.2. The summed E-state index contributed by atoms with van der Waals surface area (Å²) in [4.78, 5) is 42.6. The lowest BCUT2D eigenvalue weighted by Gasteiger charge is -2.13. The van der Waals surface area contributed by atoms with Gasteiger partial charge >= 0.3 is 23.9 Å². The molecule has 0 saturated heterocycles. The first kappa shape index (κ1) is 33.9. The first-order chi connectivity index (χ1) is 14.7. The summed E-state index contributed by atoms with van der Waals surface area (Å²) in [5, 5.41) is 3.02. The van der Waals surface area contributed by atoms with E-state index < -0.39 is 0 Å². The Morgan fingerprint density at radius 3 is 1.61 bits per heavy atom. The molecule has 0 aliphatic heterocycles. The average molecular weight is 515 g/mol. The number of carbonyl (C=O) groups is 4. The molecule has 0 spiro atoms. The van der Waals surface area contributed by atoms with E-state index in [0.717, 1.165) is 6.42 Å². The lowest BCUT2D eigenvalue weighted by molar-refractivity contribution is -0.143. The molecule has 0 saturated carbocycles. The minimum Gasteiger partial charge on any atom is -0.469 e.